The summed E-state index contributed by atoms with van der Waals surface area (Å²) in [4.78, 5) is 0. The molecule has 0 saturated heterocycles. The lowest BCUT2D eigenvalue weighted by Crippen LogP contribution is -2.08. The van der Waals surface area contributed by atoms with Gasteiger partial charge in [0.2, 0.25) is 0 Å². The van der Waals surface area contributed by atoms with Crippen molar-refractivity contribution >= 4 is 0 Å². The molecule has 0 heterocycles. The van der Waals surface area contributed by atoms with Crippen LogP contribution in [-0.2, 0) is 30.4 Å². The number of aryl methyl sites for hydroxylation is 2. The number of ether oxygens (including phenoxy) is 1. The van der Waals surface area contributed by atoms with E-state index >= 15 is 0 Å². The molecule has 0 fully saturated rings. The fraction of sp³-hybridized carbons (Fsp3) is 0.619. The number of hydrogen-bond acceptors (Lipinski definition) is 1. The van der Waals surface area contributed by atoms with Gasteiger partial charge in [0.1, 0.15) is 0 Å². The van der Waals surface area contributed by atoms with Crippen LogP contribution in [0.2, 0.25) is 0 Å². The van der Waals surface area contributed by atoms with Crippen molar-refractivity contribution in [2.24, 2.45) is 23.7 Å². The van der Waals surface area contributed by atoms with Crippen LogP contribution >= 0.6 is 0 Å². The zero-order valence-corrected chi connectivity index (χ0v) is 28.2. The maximum absolute atomic E-state index is 6.04. The van der Waals surface area contributed by atoms with Crippen molar-refractivity contribution in [2.45, 2.75) is 130 Å². The van der Waals surface area contributed by atoms with E-state index in [0.717, 1.165) is 36.9 Å². The third-order valence-electron chi connectivity index (χ3n) is 9.82. The maximum atomic E-state index is 6.04. The molecule has 0 aromatic heterocycles. The van der Waals surface area contributed by atoms with E-state index in [1.165, 1.54) is 125 Å². The summed E-state index contributed by atoms with van der Waals surface area (Å²) in [7, 11) is 0. The highest BCUT2D eigenvalue weighted by molar-refractivity contribution is 5.24. The van der Waals surface area contributed by atoms with Crippen molar-refractivity contribution in [3.63, 3.8) is 0 Å². The van der Waals surface area contributed by atoms with Crippen LogP contribution in [0.4, 0.5) is 0 Å². The summed E-state index contributed by atoms with van der Waals surface area (Å²) in [6.45, 7) is 11.0. The summed E-state index contributed by atoms with van der Waals surface area (Å²) in [6.07, 6.45) is 25.4. The normalized spacial score (nSPS) is 19.1. The molecular formula is C42H62O. The van der Waals surface area contributed by atoms with E-state index in [2.05, 4.69) is 88.4 Å². The summed E-state index contributed by atoms with van der Waals surface area (Å²) in [5, 5.41) is 0. The molecule has 2 aromatic carbocycles. The van der Waals surface area contributed by atoms with E-state index in [1.54, 1.807) is 11.1 Å². The Morgan fingerprint density at radius 1 is 0.558 bits per heavy atom. The Morgan fingerprint density at radius 2 is 0.953 bits per heavy atom. The molecule has 2 aliphatic carbocycles. The molecule has 2 atom stereocenters. The van der Waals surface area contributed by atoms with Gasteiger partial charge in [0.05, 0.1) is 0 Å². The molecule has 0 bridgehead atoms. The van der Waals surface area contributed by atoms with Gasteiger partial charge in [-0.15, -0.1) is 0 Å². The van der Waals surface area contributed by atoms with Crippen LogP contribution in [0.25, 0.3) is 0 Å². The Balaban J connectivity index is 0.991. The van der Waals surface area contributed by atoms with Crippen molar-refractivity contribution in [1.29, 1.82) is 0 Å². The summed E-state index contributed by atoms with van der Waals surface area (Å²) in [6, 6.07) is 18.8. The summed E-state index contributed by atoms with van der Waals surface area (Å²) >= 11 is 0. The highest BCUT2D eigenvalue weighted by Crippen LogP contribution is 2.31. The smallest absolute Gasteiger partial charge is 0.0469 e. The van der Waals surface area contributed by atoms with E-state index in [4.69, 9.17) is 4.74 Å². The Morgan fingerprint density at radius 3 is 1.30 bits per heavy atom. The lowest BCUT2D eigenvalue weighted by molar-refractivity contribution is 0.129. The minimum atomic E-state index is 0.734. The molecule has 1 nitrogen and oxygen atoms in total. The molecule has 43 heavy (non-hydrogen) atoms. The lowest BCUT2D eigenvalue weighted by Gasteiger charge is -2.22. The fourth-order valence-corrected chi connectivity index (χ4v) is 7.14. The van der Waals surface area contributed by atoms with Crippen molar-refractivity contribution in [2.75, 3.05) is 13.2 Å². The van der Waals surface area contributed by atoms with Crippen molar-refractivity contribution in [3.05, 3.63) is 94.1 Å². The highest BCUT2D eigenvalue weighted by Gasteiger charge is 2.16. The van der Waals surface area contributed by atoms with Crippen molar-refractivity contribution in [3.8, 4) is 0 Å². The quantitative estimate of drug-likeness (QED) is 0.125. The monoisotopic (exact) mass is 582 g/mol. The van der Waals surface area contributed by atoms with Crippen LogP contribution in [0.3, 0.4) is 0 Å². The Labute approximate surface area is 265 Å². The number of hydrogen-bond donors (Lipinski definition) is 0. The van der Waals surface area contributed by atoms with Gasteiger partial charge in [-0.25, -0.2) is 0 Å². The molecular weight excluding hydrogens is 520 g/mol. The molecule has 0 N–H and O–H groups in total. The van der Waals surface area contributed by atoms with E-state index < -0.39 is 0 Å². The maximum Gasteiger partial charge on any atom is 0.0469 e. The molecule has 0 radical (unpaired) electrons. The average molecular weight is 583 g/mol. The zero-order valence-electron chi connectivity index (χ0n) is 28.2. The van der Waals surface area contributed by atoms with Gasteiger partial charge in [0.15, 0.2) is 0 Å². The Kier molecular flexibility index (Phi) is 14.6. The van der Waals surface area contributed by atoms with Gasteiger partial charge < -0.3 is 4.74 Å². The first-order chi connectivity index (χ1) is 20.9. The van der Waals surface area contributed by atoms with Crippen LogP contribution in [0, 0.1) is 23.7 Å². The second-order valence-corrected chi connectivity index (χ2v) is 14.7. The standard InChI is InChI=1S/C42H62O/c1-33(2)31-41-25-21-39(22-26-41)19-17-37-13-9-35(10-14-37)7-5-29-43-30-6-8-36-11-15-38(16-12-36)18-20-40-23-27-42(28-24-40)32-34(3)4/h9,11,21-28,33-34,37-38H,5-8,10,12-20,29-32H2,1-4H3. The summed E-state index contributed by atoms with van der Waals surface area (Å²) in [5.74, 6) is 3.20. The van der Waals surface area contributed by atoms with Gasteiger partial charge in [-0.2, -0.15) is 0 Å². The first kappa shape index (κ1) is 33.8. The SMILES string of the molecule is CC(C)Cc1ccc(CCC2CC=C(CCCOCCCC3=CCC(CCc4ccc(CC(C)C)cc4)CC3)CC2)cc1. The minimum Gasteiger partial charge on any atom is -0.381 e. The minimum absolute atomic E-state index is 0.734. The third-order valence-corrected chi connectivity index (χ3v) is 9.82. The number of benzene rings is 2. The third kappa shape index (κ3) is 13.2. The first-order valence-electron chi connectivity index (χ1n) is 18.0. The highest BCUT2D eigenvalue weighted by atomic mass is 16.5. The second-order valence-electron chi connectivity index (χ2n) is 14.7. The van der Waals surface area contributed by atoms with Crippen LogP contribution in [-0.4, -0.2) is 13.2 Å². The topological polar surface area (TPSA) is 9.23 Å². The fourth-order valence-electron chi connectivity index (χ4n) is 7.14. The van der Waals surface area contributed by atoms with Gasteiger partial charge in [-0.3, -0.25) is 0 Å². The Hall–Kier alpha value is -2.12. The molecule has 4 rings (SSSR count). The molecule has 236 valence electrons. The van der Waals surface area contributed by atoms with Crippen molar-refractivity contribution in [1.82, 2.24) is 0 Å². The molecule has 2 unspecified atom stereocenters. The van der Waals surface area contributed by atoms with Crippen LogP contribution < -0.4 is 0 Å². The van der Waals surface area contributed by atoms with Crippen LogP contribution in [0.1, 0.15) is 127 Å². The van der Waals surface area contributed by atoms with Gasteiger partial charge in [-0.05, 0) is 149 Å². The average Bonchev–Trinajstić information content (AvgIpc) is 3.00. The van der Waals surface area contributed by atoms with E-state index in [0.29, 0.717) is 0 Å². The zero-order chi connectivity index (χ0) is 30.3. The predicted molar refractivity (Wildman–Crippen MR) is 187 cm³/mol. The molecule has 2 aliphatic rings. The van der Waals surface area contributed by atoms with Gasteiger partial charge >= 0.3 is 0 Å². The number of allylic oxidation sites excluding steroid dienone is 4. The van der Waals surface area contributed by atoms with E-state index in [1.807, 2.05) is 0 Å². The van der Waals surface area contributed by atoms with E-state index in [9.17, 15) is 0 Å². The van der Waals surface area contributed by atoms with Crippen LogP contribution in [0.15, 0.2) is 71.8 Å². The molecule has 0 amide bonds. The Bertz CT molecular complexity index is 1010. The molecule has 0 spiro atoms. The molecule has 0 aliphatic heterocycles. The summed E-state index contributed by atoms with van der Waals surface area (Å²) < 4.78 is 6.04. The van der Waals surface area contributed by atoms with Gasteiger partial charge in [-0.1, -0.05) is 99.5 Å². The lowest BCUT2D eigenvalue weighted by atomic mass is 9.84. The van der Waals surface area contributed by atoms with E-state index in [-0.39, 0.29) is 0 Å². The molecule has 1 heteroatoms. The van der Waals surface area contributed by atoms with Crippen LogP contribution in [0.5, 0.6) is 0 Å². The molecule has 0 saturated carbocycles. The second kappa shape index (κ2) is 18.6. The molecule has 2 aromatic rings. The largest absolute Gasteiger partial charge is 0.381 e. The first-order valence-corrected chi connectivity index (χ1v) is 18.0. The predicted octanol–water partition coefficient (Wildman–Crippen LogP) is 11.7. The van der Waals surface area contributed by atoms with Gasteiger partial charge in [0.25, 0.3) is 0 Å². The number of rotatable bonds is 18. The van der Waals surface area contributed by atoms with Gasteiger partial charge in [0, 0.05) is 13.2 Å². The summed E-state index contributed by atoms with van der Waals surface area (Å²) in [5.41, 5.74) is 9.35. The van der Waals surface area contributed by atoms with Crippen molar-refractivity contribution < 1.29 is 4.74 Å².